The summed E-state index contributed by atoms with van der Waals surface area (Å²) in [4.78, 5) is 35.6. The smallest absolute Gasteiger partial charge is 0.346 e. The molecule has 12 heteroatoms. The Kier molecular flexibility index (Phi) is 9.62. The van der Waals surface area contributed by atoms with Crippen LogP contribution in [0.3, 0.4) is 0 Å². The van der Waals surface area contributed by atoms with Crippen LogP contribution in [0, 0.1) is 6.92 Å². The van der Waals surface area contributed by atoms with E-state index in [4.69, 9.17) is 31.2 Å². The van der Waals surface area contributed by atoms with Crippen molar-refractivity contribution in [3.63, 3.8) is 0 Å². The van der Waals surface area contributed by atoms with Crippen LogP contribution in [0.4, 0.5) is 0 Å². The van der Waals surface area contributed by atoms with Crippen LogP contribution in [0.1, 0.15) is 21.6 Å². The third-order valence-electron chi connectivity index (χ3n) is 5.91. The van der Waals surface area contributed by atoms with Crippen LogP contribution in [0.25, 0.3) is 10.9 Å². The number of benzene rings is 2. The number of aromatic nitrogens is 1. The van der Waals surface area contributed by atoms with E-state index in [9.17, 15) is 30.0 Å². The minimum Gasteiger partial charge on any atom is -0.497 e. The fourth-order valence-corrected chi connectivity index (χ4v) is 3.96. The number of nitrogens with zero attached hydrogens (tertiary/aromatic N) is 1. The zero-order valence-corrected chi connectivity index (χ0v) is 20.8. The van der Waals surface area contributed by atoms with Gasteiger partial charge in [-0.3, -0.25) is 14.2 Å². The van der Waals surface area contributed by atoms with Crippen LogP contribution in [-0.2, 0) is 21.0 Å². The predicted octanol–water partition coefficient (Wildman–Crippen LogP) is 0.753. The molecule has 3 rings (SSSR count). The highest BCUT2D eigenvalue weighted by atomic mass is 35.5. The lowest BCUT2D eigenvalue weighted by molar-refractivity contribution is -0.323. The normalized spacial score (nSPS) is 14.7. The maximum Gasteiger partial charge on any atom is 0.346 e. The van der Waals surface area contributed by atoms with Crippen molar-refractivity contribution >= 4 is 34.4 Å². The van der Waals surface area contributed by atoms with Crippen LogP contribution >= 0.6 is 11.6 Å². The average molecular weight is 538 g/mol. The Hall–Kier alpha value is -3.03. The Bertz CT molecular complexity index is 1240. The van der Waals surface area contributed by atoms with Crippen LogP contribution < -0.4 is 4.74 Å². The summed E-state index contributed by atoms with van der Waals surface area (Å²) in [6.07, 6.45) is -7.40. The lowest BCUT2D eigenvalue weighted by Gasteiger charge is -2.26. The molecule has 11 nitrogen and oxygen atoms in total. The lowest BCUT2D eigenvalue weighted by Crippen LogP contribution is -2.48. The Morgan fingerprint density at radius 3 is 2.27 bits per heavy atom. The van der Waals surface area contributed by atoms with Crippen molar-refractivity contribution < 1.29 is 49.6 Å². The van der Waals surface area contributed by atoms with Crippen molar-refractivity contribution in [2.24, 2.45) is 0 Å². The summed E-state index contributed by atoms with van der Waals surface area (Å²) in [5, 5.41) is 48.7. The Balaban J connectivity index is 1.87. The van der Waals surface area contributed by atoms with Gasteiger partial charge in [0, 0.05) is 21.7 Å². The molecule has 0 bridgehead atoms. The maximum absolute atomic E-state index is 13.3. The third-order valence-corrected chi connectivity index (χ3v) is 6.17. The van der Waals surface area contributed by atoms with Gasteiger partial charge >= 0.3 is 5.97 Å². The number of carbonyl (C=O) groups excluding carboxylic acids is 2. The molecule has 1 heterocycles. The summed E-state index contributed by atoms with van der Waals surface area (Å²) in [6, 6.07) is 11.4. The molecule has 0 aliphatic heterocycles. The number of hydrogen-bond donors (Lipinski definition) is 5. The van der Waals surface area contributed by atoms with Gasteiger partial charge in [-0.05, 0) is 55.0 Å². The second kappa shape index (κ2) is 12.5. The minimum absolute atomic E-state index is 0.347. The van der Waals surface area contributed by atoms with E-state index < -0.39 is 43.6 Å². The molecule has 200 valence electrons. The molecule has 2 aromatic carbocycles. The number of rotatable bonds is 11. The van der Waals surface area contributed by atoms with Crippen LogP contribution in [0.15, 0.2) is 42.5 Å². The number of ether oxygens (including phenoxy) is 1. The Morgan fingerprint density at radius 1 is 1.00 bits per heavy atom. The lowest BCUT2D eigenvalue weighted by atomic mass is 10.0. The highest BCUT2D eigenvalue weighted by molar-refractivity contribution is 6.30. The molecule has 0 aliphatic rings. The summed E-state index contributed by atoms with van der Waals surface area (Å²) in [5.41, 5.74) is 1.80. The van der Waals surface area contributed by atoms with Crippen molar-refractivity contribution in [1.29, 1.82) is 0 Å². The van der Waals surface area contributed by atoms with Gasteiger partial charge in [-0.15, -0.1) is 0 Å². The number of hydrogen-bond acceptors (Lipinski definition) is 10. The van der Waals surface area contributed by atoms with Crippen molar-refractivity contribution in [3.05, 3.63) is 64.3 Å². The molecule has 0 spiro atoms. The maximum atomic E-state index is 13.3. The summed E-state index contributed by atoms with van der Waals surface area (Å²) in [6.45, 7) is -0.0524. The third kappa shape index (κ3) is 6.28. The van der Waals surface area contributed by atoms with Crippen molar-refractivity contribution in [1.82, 2.24) is 4.57 Å². The standard InChI is InChI=1S/C25H28ClNO10/c1-13-17(10-22(31)37-36-21(12-29)24(33)23(32)20(30)11-28)18-9-16(35-2)7-8-19(18)27(13)25(34)14-3-5-15(26)6-4-14/h3-9,20-21,23-24,28-30,32-33H,10-12H2,1-2H3/t20-,21+,23-,24-/m1/s1. The van der Waals surface area contributed by atoms with Crippen LogP contribution in [-0.4, -0.2) is 86.7 Å². The molecule has 37 heavy (non-hydrogen) atoms. The predicted molar refractivity (Wildman–Crippen MR) is 131 cm³/mol. The van der Waals surface area contributed by atoms with E-state index in [2.05, 4.69) is 0 Å². The topological polar surface area (TPSA) is 168 Å². The number of fused-ring (bicyclic) bond motifs is 1. The quantitative estimate of drug-likeness (QED) is 0.174. The fraction of sp³-hybridized carbons (Fsp3) is 0.360. The molecule has 0 radical (unpaired) electrons. The highest BCUT2D eigenvalue weighted by Crippen LogP contribution is 2.31. The van der Waals surface area contributed by atoms with E-state index in [0.717, 1.165) is 0 Å². The first kappa shape index (κ1) is 28.5. The van der Waals surface area contributed by atoms with Gasteiger partial charge in [0.15, 0.2) is 6.10 Å². The van der Waals surface area contributed by atoms with E-state index in [1.54, 1.807) is 49.4 Å². The number of halogens is 1. The summed E-state index contributed by atoms with van der Waals surface area (Å²) in [5.74, 6) is -0.777. The molecular formula is C25H28ClNO10. The van der Waals surface area contributed by atoms with Crippen LogP contribution in [0.2, 0.25) is 5.02 Å². The van der Waals surface area contributed by atoms with Gasteiger partial charge in [0.05, 0.1) is 32.3 Å². The van der Waals surface area contributed by atoms with Gasteiger partial charge in [-0.2, -0.15) is 4.89 Å². The second-order valence-electron chi connectivity index (χ2n) is 8.27. The second-order valence-corrected chi connectivity index (χ2v) is 8.71. The zero-order valence-electron chi connectivity index (χ0n) is 20.1. The van der Waals surface area contributed by atoms with Gasteiger partial charge in [-0.25, -0.2) is 4.79 Å². The van der Waals surface area contributed by atoms with Crippen molar-refractivity contribution in [2.45, 2.75) is 37.8 Å². The molecule has 5 N–H and O–H groups in total. The molecule has 0 fully saturated rings. The molecule has 0 unspecified atom stereocenters. The average Bonchev–Trinajstić information content (AvgIpc) is 3.17. The highest BCUT2D eigenvalue weighted by Gasteiger charge is 2.33. The van der Waals surface area contributed by atoms with E-state index in [0.29, 0.717) is 38.5 Å². The first-order valence-corrected chi connectivity index (χ1v) is 11.6. The van der Waals surface area contributed by atoms with Crippen LogP contribution in [0.5, 0.6) is 5.75 Å². The fourth-order valence-electron chi connectivity index (χ4n) is 3.84. The number of aliphatic hydroxyl groups is 5. The Labute approximate surface area is 216 Å². The van der Waals surface area contributed by atoms with E-state index in [1.807, 2.05) is 0 Å². The minimum atomic E-state index is -1.87. The molecular weight excluding hydrogens is 510 g/mol. The first-order valence-electron chi connectivity index (χ1n) is 11.2. The first-order chi connectivity index (χ1) is 17.6. The van der Waals surface area contributed by atoms with E-state index in [-0.39, 0.29) is 12.3 Å². The van der Waals surface area contributed by atoms with Gasteiger partial charge in [0.2, 0.25) is 0 Å². The van der Waals surface area contributed by atoms with Crippen molar-refractivity contribution in [2.75, 3.05) is 20.3 Å². The summed E-state index contributed by atoms with van der Waals surface area (Å²) < 4.78 is 6.75. The molecule has 0 saturated carbocycles. The molecule has 0 saturated heterocycles. The zero-order chi connectivity index (χ0) is 27.3. The largest absolute Gasteiger partial charge is 0.497 e. The Morgan fingerprint density at radius 2 is 1.68 bits per heavy atom. The SMILES string of the molecule is COc1ccc2c(c1)c(CC(=O)OO[C@@H](CO)[C@@H](O)[C@H](O)[C@H](O)CO)c(C)n2C(=O)c1ccc(Cl)cc1. The van der Waals surface area contributed by atoms with Gasteiger partial charge in [0.1, 0.15) is 24.1 Å². The number of carbonyl (C=O) groups is 2. The number of methoxy groups -OCH3 is 1. The summed E-state index contributed by atoms with van der Waals surface area (Å²) >= 11 is 5.94. The van der Waals surface area contributed by atoms with Gasteiger partial charge in [-0.1, -0.05) is 11.6 Å². The number of aliphatic hydroxyl groups excluding tert-OH is 5. The van der Waals surface area contributed by atoms with Gasteiger partial charge in [0.25, 0.3) is 5.91 Å². The van der Waals surface area contributed by atoms with E-state index in [1.165, 1.54) is 11.7 Å². The molecule has 4 atom stereocenters. The van der Waals surface area contributed by atoms with Gasteiger partial charge < -0.3 is 30.3 Å². The van der Waals surface area contributed by atoms with Crippen molar-refractivity contribution in [3.8, 4) is 5.75 Å². The molecule has 0 amide bonds. The van der Waals surface area contributed by atoms with E-state index >= 15 is 0 Å². The summed E-state index contributed by atoms with van der Waals surface area (Å²) in [7, 11) is 1.48. The molecule has 0 aliphatic carbocycles. The monoisotopic (exact) mass is 537 g/mol. The molecule has 3 aromatic rings. The molecule has 1 aromatic heterocycles.